The Balaban J connectivity index is 1.24. The van der Waals surface area contributed by atoms with Gasteiger partial charge in [0, 0.05) is 42.1 Å². The molecule has 0 radical (unpaired) electrons. The van der Waals surface area contributed by atoms with Crippen LogP contribution in [0.1, 0.15) is 25.3 Å². The summed E-state index contributed by atoms with van der Waals surface area (Å²) in [5.74, 6) is 1.43. The number of carbonyl (C=O) groups excluding carboxylic acids is 1. The molecule has 5 aromatic rings. The minimum absolute atomic E-state index is 0.0382. The van der Waals surface area contributed by atoms with Gasteiger partial charge in [-0.1, -0.05) is 19.1 Å². The fourth-order valence-electron chi connectivity index (χ4n) is 5.50. The topological polar surface area (TPSA) is 125 Å². The van der Waals surface area contributed by atoms with E-state index < -0.39 is 6.17 Å². The second-order valence-electron chi connectivity index (χ2n) is 10.1. The minimum Gasteiger partial charge on any atom is -0.335 e. The van der Waals surface area contributed by atoms with Crippen LogP contribution < -0.4 is 5.32 Å². The molecule has 0 spiro atoms. The molecule has 190 valence electrons. The van der Waals surface area contributed by atoms with Crippen molar-refractivity contribution in [2.45, 2.75) is 32.4 Å². The molecular formula is C28H25FN8O. The average molecular weight is 509 g/mol. The van der Waals surface area contributed by atoms with Crippen molar-refractivity contribution in [1.29, 1.82) is 0 Å². The molecule has 7 rings (SSSR count). The van der Waals surface area contributed by atoms with Crippen molar-refractivity contribution < 1.29 is 9.18 Å². The van der Waals surface area contributed by atoms with E-state index in [0.717, 1.165) is 39.5 Å². The van der Waals surface area contributed by atoms with Crippen LogP contribution in [0.3, 0.4) is 0 Å². The third kappa shape index (κ3) is 3.93. The van der Waals surface area contributed by atoms with Gasteiger partial charge in [-0.3, -0.25) is 19.9 Å². The Hall–Kier alpha value is -4.47. The number of rotatable bonds is 6. The number of H-pyrrole nitrogens is 2. The number of aromatic amines is 2. The fraction of sp³-hybridized carbons (Fsp3) is 0.286. The molecule has 10 heteroatoms. The van der Waals surface area contributed by atoms with Crippen molar-refractivity contribution in [2.75, 3.05) is 5.32 Å². The second kappa shape index (κ2) is 8.83. The van der Waals surface area contributed by atoms with Crippen molar-refractivity contribution in [2.24, 2.45) is 17.8 Å². The molecule has 1 amide bonds. The van der Waals surface area contributed by atoms with Crippen LogP contribution in [0, 0.1) is 17.8 Å². The van der Waals surface area contributed by atoms with Crippen molar-refractivity contribution in [3.05, 3.63) is 60.8 Å². The quantitative estimate of drug-likeness (QED) is 0.277. The van der Waals surface area contributed by atoms with E-state index in [1.165, 1.54) is 0 Å². The molecule has 1 fully saturated rings. The summed E-state index contributed by atoms with van der Waals surface area (Å²) in [5.41, 5.74) is 6.06. The Morgan fingerprint density at radius 1 is 1.11 bits per heavy atom. The van der Waals surface area contributed by atoms with E-state index in [4.69, 9.17) is 4.98 Å². The smallest absolute Gasteiger partial charge is 0.224 e. The fourth-order valence-corrected chi connectivity index (χ4v) is 5.50. The number of pyridine rings is 3. The predicted octanol–water partition coefficient (Wildman–Crippen LogP) is 5.01. The summed E-state index contributed by atoms with van der Waals surface area (Å²) in [4.78, 5) is 33.3. The van der Waals surface area contributed by atoms with Crippen LogP contribution in [0.2, 0.25) is 0 Å². The molecule has 0 saturated heterocycles. The first-order chi connectivity index (χ1) is 18.6. The molecule has 2 aliphatic carbocycles. The van der Waals surface area contributed by atoms with E-state index in [2.05, 4.69) is 35.5 Å². The van der Waals surface area contributed by atoms with Gasteiger partial charge in [-0.05, 0) is 42.4 Å². The predicted molar refractivity (Wildman–Crippen MR) is 142 cm³/mol. The summed E-state index contributed by atoms with van der Waals surface area (Å²) in [6.45, 7) is 1.80. The number of hydrogen-bond acceptors (Lipinski definition) is 6. The Labute approximate surface area is 217 Å². The molecule has 4 atom stereocenters. The summed E-state index contributed by atoms with van der Waals surface area (Å²) < 4.78 is 14.7. The van der Waals surface area contributed by atoms with E-state index in [0.29, 0.717) is 47.5 Å². The molecule has 5 aromatic heterocycles. The van der Waals surface area contributed by atoms with Gasteiger partial charge in [0.2, 0.25) is 5.91 Å². The van der Waals surface area contributed by atoms with Gasteiger partial charge in [0.05, 0.1) is 34.5 Å². The average Bonchev–Trinajstić information content (AvgIpc) is 3.40. The highest BCUT2D eigenvalue weighted by molar-refractivity contribution is 5.94. The van der Waals surface area contributed by atoms with Crippen LogP contribution in [-0.2, 0) is 11.2 Å². The van der Waals surface area contributed by atoms with E-state index in [9.17, 15) is 9.18 Å². The third-order valence-corrected chi connectivity index (χ3v) is 7.64. The van der Waals surface area contributed by atoms with Crippen LogP contribution in [0.4, 0.5) is 10.1 Å². The number of anilines is 1. The number of halogens is 1. The van der Waals surface area contributed by atoms with Gasteiger partial charge in [0.25, 0.3) is 0 Å². The van der Waals surface area contributed by atoms with E-state index in [1.54, 1.807) is 44.0 Å². The van der Waals surface area contributed by atoms with Crippen LogP contribution >= 0.6 is 0 Å². The number of alkyl halides is 1. The third-order valence-electron chi connectivity index (χ3n) is 7.64. The van der Waals surface area contributed by atoms with Gasteiger partial charge >= 0.3 is 0 Å². The lowest BCUT2D eigenvalue weighted by molar-refractivity contribution is -0.115. The van der Waals surface area contributed by atoms with E-state index in [-0.39, 0.29) is 11.8 Å². The highest BCUT2D eigenvalue weighted by atomic mass is 19.1. The number of carbonyl (C=O) groups is 1. The van der Waals surface area contributed by atoms with Gasteiger partial charge in [-0.15, -0.1) is 0 Å². The molecule has 3 N–H and O–H groups in total. The van der Waals surface area contributed by atoms with Crippen molar-refractivity contribution in [3.63, 3.8) is 0 Å². The molecule has 5 heterocycles. The monoisotopic (exact) mass is 508 g/mol. The van der Waals surface area contributed by atoms with Gasteiger partial charge < -0.3 is 10.3 Å². The summed E-state index contributed by atoms with van der Waals surface area (Å²) >= 11 is 0. The van der Waals surface area contributed by atoms with Crippen LogP contribution in [-0.4, -0.2) is 47.2 Å². The largest absolute Gasteiger partial charge is 0.335 e. The Morgan fingerprint density at radius 2 is 1.97 bits per heavy atom. The molecular weight excluding hydrogens is 483 g/mol. The first kappa shape index (κ1) is 22.7. The SMILES string of the molecule is CCC(=O)Nc1cncc(-c2cnc3n[nH]c(-c4nc5c(CC6C7CC7C=C[C@H]6F)cncc5[nH]4)c3c2)c1. The Bertz CT molecular complexity index is 1720. The minimum atomic E-state index is -0.934. The van der Waals surface area contributed by atoms with Gasteiger partial charge in [-0.25, -0.2) is 14.4 Å². The molecule has 0 bridgehead atoms. The Kier molecular flexibility index (Phi) is 5.27. The standard InChI is InChI=1S/C28H25FN8O/c1-2-24(38)33-18-5-15(9-30-12-18)16-7-21-26(36-37-27(21)32-11-16)28-34-23-13-31-10-17(25(23)35-28)8-20-19-6-14(19)3-4-22(20)29/h3-5,7,9-14,19-20,22H,2,6,8H2,1H3,(H,33,38)(H,34,35)(H,32,36,37)/t14?,19?,20?,22-/m1/s1. The number of hydrogen-bond donors (Lipinski definition) is 3. The number of nitrogens with zero attached hydrogens (tertiary/aromatic N) is 5. The molecule has 0 aromatic carbocycles. The lowest BCUT2D eigenvalue weighted by Gasteiger charge is -2.21. The van der Waals surface area contributed by atoms with Gasteiger partial charge in [0.1, 0.15) is 11.9 Å². The lowest BCUT2D eigenvalue weighted by atomic mass is 9.86. The molecule has 9 nitrogen and oxygen atoms in total. The molecule has 3 unspecified atom stereocenters. The number of aromatic nitrogens is 7. The zero-order valence-corrected chi connectivity index (χ0v) is 20.6. The molecule has 1 saturated carbocycles. The van der Waals surface area contributed by atoms with Crippen LogP contribution in [0.25, 0.3) is 44.7 Å². The maximum absolute atomic E-state index is 14.7. The number of nitrogens with one attached hydrogen (secondary N) is 3. The first-order valence-corrected chi connectivity index (χ1v) is 12.8. The molecule has 2 aliphatic rings. The molecule has 38 heavy (non-hydrogen) atoms. The Morgan fingerprint density at radius 3 is 2.87 bits per heavy atom. The summed E-state index contributed by atoms with van der Waals surface area (Å²) in [6, 6.07) is 3.84. The second-order valence-corrected chi connectivity index (χ2v) is 10.1. The van der Waals surface area contributed by atoms with Crippen LogP contribution in [0.15, 0.2) is 55.3 Å². The number of imidazole rings is 1. The summed E-state index contributed by atoms with van der Waals surface area (Å²) in [5, 5.41) is 11.1. The van der Waals surface area contributed by atoms with Crippen molar-refractivity contribution >= 4 is 33.7 Å². The molecule has 0 aliphatic heterocycles. The lowest BCUT2D eigenvalue weighted by Crippen LogP contribution is -2.22. The number of allylic oxidation sites excluding steroid dienone is 2. The maximum atomic E-state index is 14.7. The van der Waals surface area contributed by atoms with Crippen molar-refractivity contribution in [3.8, 4) is 22.6 Å². The van der Waals surface area contributed by atoms with Crippen molar-refractivity contribution in [1.82, 2.24) is 35.1 Å². The zero-order chi connectivity index (χ0) is 25.8. The summed E-state index contributed by atoms with van der Waals surface area (Å²) in [7, 11) is 0. The number of amides is 1. The summed E-state index contributed by atoms with van der Waals surface area (Å²) in [6.07, 6.45) is 13.5. The zero-order valence-electron chi connectivity index (χ0n) is 20.6. The normalized spacial score (nSPS) is 22.1. The van der Waals surface area contributed by atoms with E-state index >= 15 is 0 Å². The number of fused-ring (bicyclic) bond motifs is 3. The maximum Gasteiger partial charge on any atom is 0.224 e. The van der Waals surface area contributed by atoms with Gasteiger partial charge in [0.15, 0.2) is 11.5 Å². The highest BCUT2D eigenvalue weighted by Crippen LogP contribution is 2.51. The van der Waals surface area contributed by atoms with Gasteiger partial charge in [-0.2, -0.15) is 5.10 Å². The highest BCUT2D eigenvalue weighted by Gasteiger charge is 2.47. The first-order valence-electron chi connectivity index (χ1n) is 12.8. The van der Waals surface area contributed by atoms with E-state index in [1.807, 2.05) is 18.2 Å². The van der Waals surface area contributed by atoms with Crippen LogP contribution in [0.5, 0.6) is 0 Å².